The molecule has 2 aromatic carbocycles. The molecule has 0 spiro atoms. The number of rotatable bonds is 7. The number of nitrogens with zero attached hydrogens (tertiary/aromatic N) is 3. The van der Waals surface area contributed by atoms with Crippen LogP contribution in [0.4, 0.5) is 0 Å². The topological polar surface area (TPSA) is 42.3 Å². The van der Waals surface area contributed by atoms with Gasteiger partial charge in [0.05, 0.1) is 23.5 Å². The highest BCUT2D eigenvalue weighted by atomic mass is 32.1. The number of nitrogens with one attached hydrogen (secondary N) is 1. The van der Waals surface area contributed by atoms with Gasteiger partial charge in [0.15, 0.2) is 5.11 Å². The van der Waals surface area contributed by atoms with Gasteiger partial charge < -0.3 is 19.5 Å². The number of hydrogen-bond donors (Lipinski definition) is 1. The van der Waals surface area contributed by atoms with Crippen molar-refractivity contribution in [1.82, 2.24) is 19.8 Å². The summed E-state index contributed by atoms with van der Waals surface area (Å²) in [6.45, 7) is 5.93. The van der Waals surface area contributed by atoms with Crippen LogP contribution < -0.4 is 5.32 Å². The second-order valence-electron chi connectivity index (χ2n) is 8.83. The summed E-state index contributed by atoms with van der Waals surface area (Å²) in [6, 6.07) is 23.5. The van der Waals surface area contributed by atoms with E-state index in [2.05, 4.69) is 88.2 Å². The monoisotopic (exact) mass is 470 g/mol. The van der Waals surface area contributed by atoms with Crippen LogP contribution in [0.15, 0.2) is 72.9 Å². The summed E-state index contributed by atoms with van der Waals surface area (Å²) >= 11 is 5.82. The highest BCUT2D eigenvalue weighted by molar-refractivity contribution is 7.80. The molecule has 1 saturated heterocycles. The first-order chi connectivity index (χ1) is 16.6. The number of hydrogen-bond acceptors (Lipinski definition) is 3. The molecular weight excluding hydrogens is 440 g/mol. The maximum absolute atomic E-state index is 5.82. The van der Waals surface area contributed by atoms with Crippen molar-refractivity contribution in [2.24, 2.45) is 0 Å². The Hall–Kier alpha value is -3.22. The third-order valence-corrected chi connectivity index (χ3v) is 7.09. The number of ether oxygens (including phenoxy) is 1. The van der Waals surface area contributed by atoms with Crippen molar-refractivity contribution in [3.63, 3.8) is 0 Å². The average molecular weight is 471 g/mol. The summed E-state index contributed by atoms with van der Waals surface area (Å²) in [4.78, 5) is 6.99. The zero-order valence-corrected chi connectivity index (χ0v) is 20.7. The summed E-state index contributed by atoms with van der Waals surface area (Å²) in [5, 5.41) is 6.82. The Morgan fingerprint density at radius 3 is 2.62 bits per heavy atom. The molecule has 3 heterocycles. The molecule has 1 fully saturated rings. The summed E-state index contributed by atoms with van der Waals surface area (Å²) in [6.07, 6.45) is 2.76. The molecule has 0 aliphatic carbocycles. The molecule has 4 aromatic rings. The maximum Gasteiger partial charge on any atom is 0.170 e. The molecule has 34 heavy (non-hydrogen) atoms. The van der Waals surface area contributed by atoms with Crippen LogP contribution in [0.2, 0.25) is 0 Å². The Morgan fingerprint density at radius 2 is 1.82 bits per heavy atom. The third kappa shape index (κ3) is 3.97. The number of aryl methyl sites for hydroxylation is 1. The van der Waals surface area contributed by atoms with Gasteiger partial charge in [0.1, 0.15) is 0 Å². The van der Waals surface area contributed by atoms with Gasteiger partial charge in [-0.05, 0) is 67.7 Å². The Labute approximate surface area is 206 Å². The van der Waals surface area contributed by atoms with Crippen LogP contribution in [0.1, 0.15) is 41.1 Å². The largest absolute Gasteiger partial charge is 0.385 e. The Kier molecular flexibility index (Phi) is 6.35. The fourth-order valence-electron chi connectivity index (χ4n) is 5.23. The minimum atomic E-state index is -0.0160. The van der Waals surface area contributed by atoms with E-state index in [1.54, 1.807) is 7.11 Å². The fraction of sp³-hybridized carbons (Fsp3) is 0.286. The third-order valence-electron chi connectivity index (χ3n) is 6.74. The van der Waals surface area contributed by atoms with Gasteiger partial charge in [-0.1, -0.05) is 42.5 Å². The van der Waals surface area contributed by atoms with E-state index in [0.29, 0.717) is 6.61 Å². The molecule has 5 nitrogen and oxygen atoms in total. The summed E-state index contributed by atoms with van der Waals surface area (Å²) in [7, 11) is 1.74. The first-order valence-electron chi connectivity index (χ1n) is 11.7. The smallest absolute Gasteiger partial charge is 0.170 e. The number of pyridine rings is 1. The summed E-state index contributed by atoms with van der Waals surface area (Å²) < 4.78 is 7.71. The minimum Gasteiger partial charge on any atom is -0.385 e. The molecule has 2 aromatic heterocycles. The van der Waals surface area contributed by atoms with Crippen molar-refractivity contribution in [3.05, 3.63) is 95.6 Å². The van der Waals surface area contributed by atoms with Gasteiger partial charge >= 0.3 is 0 Å². The lowest BCUT2D eigenvalue weighted by atomic mass is 9.96. The van der Waals surface area contributed by atoms with Gasteiger partial charge in [-0.2, -0.15) is 0 Å². The van der Waals surface area contributed by atoms with Crippen molar-refractivity contribution in [1.29, 1.82) is 0 Å². The Morgan fingerprint density at radius 1 is 1.03 bits per heavy atom. The highest BCUT2D eigenvalue weighted by Crippen LogP contribution is 2.41. The minimum absolute atomic E-state index is 0.0160. The molecule has 2 atom stereocenters. The Bertz CT molecular complexity index is 1310. The van der Waals surface area contributed by atoms with E-state index in [1.807, 2.05) is 18.3 Å². The van der Waals surface area contributed by atoms with E-state index in [4.69, 9.17) is 17.0 Å². The lowest BCUT2D eigenvalue weighted by molar-refractivity contribution is 0.180. The predicted octanol–water partition coefficient (Wildman–Crippen LogP) is 5.65. The predicted molar refractivity (Wildman–Crippen MR) is 141 cm³/mol. The van der Waals surface area contributed by atoms with E-state index < -0.39 is 0 Å². The number of fused-ring (bicyclic) bond motifs is 1. The van der Waals surface area contributed by atoms with Gasteiger partial charge in [-0.25, -0.2) is 0 Å². The molecule has 174 valence electrons. The fourth-order valence-corrected chi connectivity index (χ4v) is 5.56. The van der Waals surface area contributed by atoms with Crippen molar-refractivity contribution in [2.45, 2.75) is 32.4 Å². The molecule has 0 amide bonds. The van der Waals surface area contributed by atoms with Crippen molar-refractivity contribution < 1.29 is 4.74 Å². The van der Waals surface area contributed by atoms with E-state index >= 15 is 0 Å². The average Bonchev–Trinajstić information content (AvgIpc) is 3.34. The molecule has 5 rings (SSSR count). The second-order valence-corrected chi connectivity index (χ2v) is 9.21. The molecule has 0 bridgehead atoms. The van der Waals surface area contributed by atoms with E-state index in [1.165, 1.54) is 33.4 Å². The van der Waals surface area contributed by atoms with Gasteiger partial charge in [-0.15, -0.1) is 0 Å². The summed E-state index contributed by atoms with van der Waals surface area (Å²) in [5.41, 5.74) is 5.90. The molecular formula is C28H30N4OS. The highest BCUT2D eigenvalue weighted by Gasteiger charge is 2.41. The first-order valence-corrected chi connectivity index (χ1v) is 12.1. The van der Waals surface area contributed by atoms with Crippen LogP contribution in [0.3, 0.4) is 0 Å². The number of aromatic nitrogens is 2. The van der Waals surface area contributed by atoms with Gasteiger partial charge in [0, 0.05) is 43.2 Å². The van der Waals surface area contributed by atoms with E-state index in [9.17, 15) is 0 Å². The lowest BCUT2D eigenvalue weighted by Gasteiger charge is -2.28. The normalized spacial score (nSPS) is 18.0. The van der Waals surface area contributed by atoms with Gasteiger partial charge in [0.2, 0.25) is 0 Å². The maximum atomic E-state index is 5.82. The molecule has 0 unspecified atom stereocenters. The molecule has 0 saturated carbocycles. The van der Waals surface area contributed by atoms with Crippen LogP contribution in [0.5, 0.6) is 0 Å². The molecule has 0 radical (unpaired) electrons. The molecule has 1 N–H and O–H groups in total. The number of methoxy groups -OCH3 is 1. The SMILES string of the molecule is COCCCN1C(=S)N[C@@H](c2ccccn2)[C@@H]1c1cc(C)n(-c2cccc3ccccc23)c1C. The number of thiocarbonyl (C=S) groups is 1. The quantitative estimate of drug-likeness (QED) is 0.279. The second kappa shape index (κ2) is 9.57. The van der Waals surface area contributed by atoms with Crippen LogP contribution >= 0.6 is 12.2 Å². The van der Waals surface area contributed by atoms with Crippen LogP contribution in [0.25, 0.3) is 16.5 Å². The van der Waals surface area contributed by atoms with Crippen molar-refractivity contribution in [2.75, 3.05) is 20.3 Å². The molecule has 1 aliphatic rings. The standard InChI is InChI=1S/C28H30N4OS/c1-19-18-23(20(2)32(19)25-14-8-11-21-10-4-5-12-22(21)25)27-26(24-13-6-7-15-29-24)30-28(34)31(27)16-9-17-33-3/h4-8,10-15,18,26-27H,9,16-17H2,1-3H3,(H,30,34)/t26-,27-/m0/s1. The molecule has 1 aliphatic heterocycles. The Balaban J connectivity index is 1.63. The van der Waals surface area contributed by atoms with Crippen LogP contribution in [0, 0.1) is 13.8 Å². The lowest BCUT2D eigenvalue weighted by Crippen LogP contribution is -2.31. The zero-order valence-electron chi connectivity index (χ0n) is 19.9. The first kappa shape index (κ1) is 22.6. The van der Waals surface area contributed by atoms with Gasteiger partial charge in [-0.3, -0.25) is 4.98 Å². The number of benzene rings is 2. The zero-order chi connectivity index (χ0) is 23.7. The van der Waals surface area contributed by atoms with Crippen molar-refractivity contribution >= 4 is 28.1 Å². The van der Waals surface area contributed by atoms with Crippen molar-refractivity contribution in [3.8, 4) is 5.69 Å². The van der Waals surface area contributed by atoms with Gasteiger partial charge in [0.25, 0.3) is 0 Å². The molecule has 6 heteroatoms. The van der Waals surface area contributed by atoms with E-state index in [-0.39, 0.29) is 12.1 Å². The van der Waals surface area contributed by atoms with Crippen LogP contribution in [-0.2, 0) is 4.74 Å². The summed E-state index contributed by atoms with van der Waals surface area (Å²) in [5.74, 6) is 0. The van der Waals surface area contributed by atoms with E-state index in [0.717, 1.165) is 23.8 Å². The van der Waals surface area contributed by atoms with Crippen LogP contribution in [-0.4, -0.2) is 39.8 Å².